The number of nitriles is 1. The molecule has 1 aromatic heterocycles. The molecule has 2 N–H and O–H groups in total. The highest BCUT2D eigenvalue weighted by Gasteiger charge is 2.14. The molecule has 0 aliphatic carbocycles. The van der Waals surface area contributed by atoms with E-state index in [2.05, 4.69) is 9.97 Å². The molecule has 27 heavy (non-hydrogen) atoms. The van der Waals surface area contributed by atoms with Crippen LogP contribution in [0.2, 0.25) is 10.0 Å². The molecular weight excluding hydrogens is 406 g/mol. The van der Waals surface area contributed by atoms with Crippen LogP contribution in [0.15, 0.2) is 47.6 Å². The van der Waals surface area contributed by atoms with Gasteiger partial charge in [0.05, 0.1) is 5.69 Å². The van der Waals surface area contributed by atoms with E-state index in [9.17, 15) is 9.65 Å². The van der Waals surface area contributed by atoms with Gasteiger partial charge in [-0.05, 0) is 35.4 Å². The van der Waals surface area contributed by atoms with Crippen molar-refractivity contribution in [1.29, 1.82) is 5.26 Å². The minimum absolute atomic E-state index is 0.101. The zero-order chi connectivity index (χ0) is 19.4. The summed E-state index contributed by atoms with van der Waals surface area (Å²) in [6, 6.07) is 13.4. The van der Waals surface area contributed by atoms with E-state index in [1.165, 1.54) is 23.9 Å². The van der Waals surface area contributed by atoms with E-state index in [0.717, 1.165) is 5.56 Å². The third kappa shape index (κ3) is 4.89. The molecule has 4 nitrogen and oxygen atoms in total. The van der Waals surface area contributed by atoms with E-state index in [0.29, 0.717) is 32.2 Å². The Hall–Kier alpha value is -2.33. The Morgan fingerprint density at radius 2 is 1.96 bits per heavy atom. The van der Waals surface area contributed by atoms with Gasteiger partial charge < -0.3 is 5.73 Å². The standard InChI is InChI=1S/C19H13Cl2FN4S/c20-13-5-4-12(16(21)8-13)10-27-19-25-17(15(9-23)18(24)26-19)7-11-2-1-3-14(22)6-11/h1-6,8H,7,10H2,(H2,24,25,26). The molecule has 2 aromatic carbocycles. The van der Waals surface area contributed by atoms with Gasteiger partial charge in [-0.25, -0.2) is 14.4 Å². The average Bonchev–Trinajstić information content (AvgIpc) is 2.61. The quantitative estimate of drug-likeness (QED) is 0.451. The molecule has 0 spiro atoms. The van der Waals surface area contributed by atoms with E-state index in [1.54, 1.807) is 24.3 Å². The van der Waals surface area contributed by atoms with E-state index in [-0.39, 0.29) is 23.6 Å². The number of halogens is 3. The highest BCUT2D eigenvalue weighted by molar-refractivity contribution is 7.98. The summed E-state index contributed by atoms with van der Waals surface area (Å²) < 4.78 is 13.4. The molecule has 3 aromatic rings. The van der Waals surface area contributed by atoms with Gasteiger partial charge in [0, 0.05) is 22.2 Å². The molecule has 0 bridgehead atoms. The van der Waals surface area contributed by atoms with Gasteiger partial charge in [-0.2, -0.15) is 5.26 Å². The summed E-state index contributed by atoms with van der Waals surface area (Å²) >= 11 is 13.4. The molecule has 0 aliphatic rings. The number of aromatic nitrogens is 2. The van der Waals surface area contributed by atoms with Crippen molar-refractivity contribution in [2.24, 2.45) is 0 Å². The number of nitrogen functional groups attached to an aromatic ring is 1. The van der Waals surface area contributed by atoms with Crippen LogP contribution in [-0.4, -0.2) is 9.97 Å². The minimum atomic E-state index is -0.347. The average molecular weight is 419 g/mol. The molecule has 3 rings (SSSR count). The van der Waals surface area contributed by atoms with E-state index < -0.39 is 0 Å². The second-order valence-corrected chi connectivity index (χ2v) is 7.44. The van der Waals surface area contributed by atoms with E-state index in [4.69, 9.17) is 28.9 Å². The predicted octanol–water partition coefficient (Wildman–Crippen LogP) is 5.26. The number of benzene rings is 2. The number of hydrogen-bond donors (Lipinski definition) is 1. The van der Waals surface area contributed by atoms with Gasteiger partial charge in [0.2, 0.25) is 0 Å². The van der Waals surface area contributed by atoms with Crippen LogP contribution in [0.1, 0.15) is 22.4 Å². The maximum atomic E-state index is 13.4. The Morgan fingerprint density at radius 3 is 2.67 bits per heavy atom. The van der Waals surface area contributed by atoms with Gasteiger partial charge in [0.25, 0.3) is 0 Å². The summed E-state index contributed by atoms with van der Waals surface area (Å²) in [7, 11) is 0. The summed E-state index contributed by atoms with van der Waals surface area (Å²) in [4.78, 5) is 8.64. The first-order chi connectivity index (χ1) is 13.0. The van der Waals surface area contributed by atoms with Crippen LogP contribution in [0.25, 0.3) is 0 Å². The first-order valence-corrected chi connectivity index (χ1v) is 9.58. The van der Waals surface area contributed by atoms with E-state index >= 15 is 0 Å². The Morgan fingerprint density at radius 1 is 1.15 bits per heavy atom. The number of nitrogens with zero attached hydrogens (tertiary/aromatic N) is 3. The van der Waals surface area contributed by atoms with E-state index in [1.807, 2.05) is 12.1 Å². The van der Waals surface area contributed by atoms with Gasteiger partial charge in [-0.3, -0.25) is 0 Å². The number of nitrogens with two attached hydrogens (primary N) is 1. The molecule has 0 saturated heterocycles. The zero-order valence-electron chi connectivity index (χ0n) is 13.9. The predicted molar refractivity (Wildman–Crippen MR) is 106 cm³/mol. The first-order valence-electron chi connectivity index (χ1n) is 7.84. The van der Waals surface area contributed by atoms with Crippen LogP contribution >= 0.6 is 35.0 Å². The third-order valence-electron chi connectivity index (χ3n) is 3.74. The molecule has 0 unspecified atom stereocenters. The lowest BCUT2D eigenvalue weighted by Gasteiger charge is -2.09. The van der Waals surface area contributed by atoms with Crippen molar-refractivity contribution in [2.45, 2.75) is 17.3 Å². The fraction of sp³-hybridized carbons (Fsp3) is 0.105. The van der Waals surface area contributed by atoms with Crippen LogP contribution in [-0.2, 0) is 12.2 Å². The number of hydrogen-bond acceptors (Lipinski definition) is 5. The lowest BCUT2D eigenvalue weighted by Crippen LogP contribution is -2.06. The normalized spacial score (nSPS) is 10.6. The summed E-state index contributed by atoms with van der Waals surface area (Å²) in [5.41, 5.74) is 8.17. The molecular formula is C19H13Cl2FN4S. The monoisotopic (exact) mass is 418 g/mol. The lowest BCUT2D eigenvalue weighted by molar-refractivity contribution is 0.626. The zero-order valence-corrected chi connectivity index (χ0v) is 16.2. The smallest absolute Gasteiger partial charge is 0.190 e. The van der Waals surface area contributed by atoms with Crippen LogP contribution < -0.4 is 5.73 Å². The van der Waals surface area contributed by atoms with Gasteiger partial charge in [-0.15, -0.1) is 0 Å². The third-order valence-corrected chi connectivity index (χ3v) is 5.22. The van der Waals surface area contributed by atoms with Crippen molar-refractivity contribution in [2.75, 3.05) is 5.73 Å². The molecule has 0 atom stereocenters. The summed E-state index contributed by atoms with van der Waals surface area (Å²) in [5, 5.41) is 10.9. The second-order valence-electron chi connectivity index (χ2n) is 5.66. The lowest BCUT2D eigenvalue weighted by atomic mass is 10.1. The molecule has 0 amide bonds. The topological polar surface area (TPSA) is 75.6 Å². The molecule has 0 aliphatic heterocycles. The van der Waals surface area contributed by atoms with Crippen LogP contribution in [0.3, 0.4) is 0 Å². The fourth-order valence-electron chi connectivity index (χ4n) is 2.44. The van der Waals surface area contributed by atoms with Crippen molar-refractivity contribution >= 4 is 40.8 Å². The Bertz CT molecular complexity index is 1040. The molecule has 1 heterocycles. The molecule has 136 valence electrons. The summed E-state index contributed by atoms with van der Waals surface area (Å²) in [6.07, 6.45) is 0.280. The maximum absolute atomic E-state index is 13.4. The molecule has 0 radical (unpaired) electrons. The van der Waals surface area contributed by atoms with Crippen LogP contribution in [0, 0.1) is 17.1 Å². The Labute approximate surface area is 170 Å². The fourth-order valence-corrected chi connectivity index (χ4v) is 3.87. The number of anilines is 1. The van der Waals surface area contributed by atoms with Gasteiger partial charge >= 0.3 is 0 Å². The minimum Gasteiger partial charge on any atom is -0.382 e. The maximum Gasteiger partial charge on any atom is 0.190 e. The van der Waals surface area contributed by atoms with Crippen LogP contribution in [0.5, 0.6) is 0 Å². The summed E-state index contributed by atoms with van der Waals surface area (Å²) in [5.74, 6) is 0.268. The number of thioether (sulfide) groups is 1. The van der Waals surface area contributed by atoms with Crippen molar-refractivity contribution in [3.8, 4) is 6.07 Å². The van der Waals surface area contributed by atoms with Crippen molar-refractivity contribution in [3.63, 3.8) is 0 Å². The molecule has 0 saturated carbocycles. The SMILES string of the molecule is N#Cc1c(N)nc(SCc2ccc(Cl)cc2Cl)nc1Cc1cccc(F)c1. The largest absolute Gasteiger partial charge is 0.382 e. The highest BCUT2D eigenvalue weighted by atomic mass is 35.5. The summed E-state index contributed by atoms with van der Waals surface area (Å²) in [6.45, 7) is 0. The Balaban J connectivity index is 1.86. The number of rotatable bonds is 5. The van der Waals surface area contributed by atoms with Crippen molar-refractivity contribution < 1.29 is 4.39 Å². The van der Waals surface area contributed by atoms with Crippen molar-refractivity contribution in [1.82, 2.24) is 9.97 Å². The Kier molecular flexibility index (Phi) is 6.17. The first kappa shape index (κ1) is 19.4. The highest BCUT2D eigenvalue weighted by Crippen LogP contribution is 2.28. The van der Waals surface area contributed by atoms with Gasteiger partial charge in [0.1, 0.15) is 23.3 Å². The van der Waals surface area contributed by atoms with Crippen molar-refractivity contribution in [3.05, 3.63) is 80.7 Å². The molecule has 0 fully saturated rings. The molecule has 8 heteroatoms. The second kappa shape index (κ2) is 8.57. The van der Waals surface area contributed by atoms with Gasteiger partial charge in [-0.1, -0.05) is 53.2 Å². The van der Waals surface area contributed by atoms with Crippen LogP contribution in [0.4, 0.5) is 10.2 Å². The van der Waals surface area contributed by atoms with Gasteiger partial charge in [0.15, 0.2) is 5.16 Å².